The molecule has 0 heterocycles. The SMILES string of the molecule is C[C@H]([C@@H](O[Si](C)(C)C(C)(C)C)[C@@H](C)CCO)[C@@H](O[Si](C)(C)C(C)(C)C)[C@@H](C)CO[Si](C)(C)C(C)(C)C. The molecule has 0 aliphatic carbocycles. The quantitative estimate of drug-likeness (QED) is 0.227. The summed E-state index contributed by atoms with van der Waals surface area (Å²) in [5.41, 5.74) is 0. The van der Waals surface area contributed by atoms with Crippen LogP contribution in [0.2, 0.25) is 54.4 Å². The van der Waals surface area contributed by atoms with Crippen molar-refractivity contribution in [3.8, 4) is 0 Å². The summed E-state index contributed by atoms with van der Waals surface area (Å²) in [5, 5.41) is 10.3. The van der Waals surface area contributed by atoms with Crippen molar-refractivity contribution >= 4 is 25.0 Å². The van der Waals surface area contributed by atoms with Crippen LogP contribution in [0.1, 0.15) is 89.5 Å². The summed E-state index contributed by atoms with van der Waals surface area (Å²) in [7, 11) is -5.93. The molecule has 0 saturated carbocycles. The maximum absolute atomic E-state index is 9.83. The lowest BCUT2D eigenvalue weighted by molar-refractivity contribution is -0.0281. The van der Waals surface area contributed by atoms with E-state index in [1.165, 1.54) is 0 Å². The van der Waals surface area contributed by atoms with E-state index in [-0.39, 0.29) is 51.7 Å². The minimum atomic E-state index is -2.04. The van der Waals surface area contributed by atoms with Gasteiger partial charge in [0, 0.05) is 25.0 Å². The van der Waals surface area contributed by atoms with Crippen LogP contribution in [0, 0.1) is 17.8 Å². The summed E-state index contributed by atoms with van der Waals surface area (Å²) in [4.78, 5) is 0. The zero-order valence-electron chi connectivity index (χ0n) is 27.7. The lowest BCUT2D eigenvalue weighted by Gasteiger charge is -2.48. The van der Waals surface area contributed by atoms with Crippen molar-refractivity contribution in [3.63, 3.8) is 0 Å². The maximum atomic E-state index is 9.83. The summed E-state index contributed by atoms with van der Waals surface area (Å²) in [6, 6.07) is 0. The Morgan fingerprint density at radius 3 is 1.22 bits per heavy atom. The number of hydrogen-bond acceptors (Lipinski definition) is 4. The standard InChI is InChI=1S/C29H66O4Si3/c1-22(19-20-30)25(32-35(15,16)28(7,8)9)24(3)26(33-36(17,18)29(10,11)12)23(2)21-31-34(13,14)27(4,5)6/h22-26,30H,19-21H2,1-18H3/t22-,23-,24+,25-,26-/m0/s1. The Kier molecular flexibility index (Phi) is 12.9. The van der Waals surface area contributed by atoms with Crippen LogP contribution in [0.5, 0.6) is 0 Å². The molecule has 1 N–H and O–H groups in total. The Labute approximate surface area is 230 Å². The van der Waals surface area contributed by atoms with Gasteiger partial charge in [-0.15, -0.1) is 0 Å². The first kappa shape index (κ1) is 36.5. The van der Waals surface area contributed by atoms with Gasteiger partial charge < -0.3 is 18.4 Å². The van der Waals surface area contributed by atoms with E-state index in [9.17, 15) is 5.11 Å². The fraction of sp³-hybridized carbons (Fsp3) is 1.00. The van der Waals surface area contributed by atoms with Gasteiger partial charge in [0.15, 0.2) is 25.0 Å². The molecule has 0 aromatic rings. The van der Waals surface area contributed by atoms with Crippen LogP contribution in [0.3, 0.4) is 0 Å². The van der Waals surface area contributed by atoms with E-state index in [1.54, 1.807) is 0 Å². The van der Waals surface area contributed by atoms with Crippen molar-refractivity contribution in [3.05, 3.63) is 0 Å². The first-order chi connectivity index (χ1) is 15.7. The van der Waals surface area contributed by atoms with Gasteiger partial charge in [0.25, 0.3) is 0 Å². The second-order valence-corrected chi connectivity index (χ2v) is 30.4. The van der Waals surface area contributed by atoms with E-state index in [0.29, 0.717) is 6.61 Å². The molecule has 7 heteroatoms. The second-order valence-electron chi connectivity index (χ2n) is 16.1. The van der Waals surface area contributed by atoms with Crippen LogP contribution in [0.4, 0.5) is 0 Å². The summed E-state index contributed by atoms with van der Waals surface area (Å²) in [6.07, 6.45) is 0.806. The van der Waals surface area contributed by atoms with Crippen LogP contribution < -0.4 is 0 Å². The first-order valence-corrected chi connectivity index (χ1v) is 23.0. The molecule has 0 radical (unpaired) electrons. The fourth-order valence-corrected chi connectivity index (χ4v) is 7.80. The Balaban J connectivity index is 6.38. The first-order valence-electron chi connectivity index (χ1n) is 14.3. The van der Waals surface area contributed by atoms with Crippen molar-refractivity contribution in [2.75, 3.05) is 13.2 Å². The third kappa shape index (κ3) is 9.91. The molecule has 0 aromatic heterocycles. The minimum Gasteiger partial charge on any atom is -0.416 e. The Morgan fingerprint density at radius 2 is 0.917 bits per heavy atom. The van der Waals surface area contributed by atoms with Gasteiger partial charge in [-0.05, 0) is 66.7 Å². The number of aliphatic hydroxyl groups is 1. The molecule has 0 unspecified atom stereocenters. The Morgan fingerprint density at radius 1 is 0.583 bits per heavy atom. The highest BCUT2D eigenvalue weighted by Crippen LogP contribution is 2.44. The van der Waals surface area contributed by atoms with Crippen LogP contribution in [0.25, 0.3) is 0 Å². The van der Waals surface area contributed by atoms with E-state index in [1.807, 2.05) is 0 Å². The molecule has 0 amide bonds. The van der Waals surface area contributed by atoms with Crippen LogP contribution in [0.15, 0.2) is 0 Å². The average Bonchev–Trinajstić information content (AvgIpc) is 2.65. The minimum absolute atomic E-state index is 0.0307. The predicted molar refractivity (Wildman–Crippen MR) is 166 cm³/mol. The van der Waals surface area contributed by atoms with Gasteiger partial charge in [-0.3, -0.25) is 0 Å². The normalized spacial score (nSPS) is 19.1. The van der Waals surface area contributed by atoms with E-state index >= 15 is 0 Å². The van der Waals surface area contributed by atoms with E-state index in [2.05, 4.69) is 122 Å². The molecular weight excluding hydrogens is 497 g/mol. The lowest BCUT2D eigenvalue weighted by Crippen LogP contribution is -2.54. The Bertz CT molecular complexity index is 657. The van der Waals surface area contributed by atoms with E-state index in [0.717, 1.165) is 6.42 Å². The average molecular weight is 563 g/mol. The highest BCUT2D eigenvalue weighted by molar-refractivity contribution is 6.75. The summed E-state index contributed by atoms with van der Waals surface area (Å²) < 4.78 is 21.1. The van der Waals surface area contributed by atoms with Gasteiger partial charge in [0.05, 0.1) is 12.2 Å². The van der Waals surface area contributed by atoms with Crippen LogP contribution in [-0.2, 0) is 13.3 Å². The van der Waals surface area contributed by atoms with E-state index < -0.39 is 25.0 Å². The lowest BCUT2D eigenvalue weighted by atomic mass is 9.83. The maximum Gasteiger partial charge on any atom is 0.192 e. The molecule has 4 nitrogen and oxygen atoms in total. The van der Waals surface area contributed by atoms with Gasteiger partial charge in [-0.2, -0.15) is 0 Å². The molecule has 5 atom stereocenters. The van der Waals surface area contributed by atoms with Gasteiger partial charge in [0.2, 0.25) is 0 Å². The van der Waals surface area contributed by atoms with Gasteiger partial charge in [-0.1, -0.05) is 83.1 Å². The molecule has 0 aliphatic rings. The molecule has 0 saturated heterocycles. The summed E-state index contributed by atoms with van der Waals surface area (Å²) in [6.45, 7) is 42.6. The largest absolute Gasteiger partial charge is 0.416 e. The smallest absolute Gasteiger partial charge is 0.192 e. The zero-order chi connectivity index (χ0) is 29.1. The highest BCUT2D eigenvalue weighted by atomic mass is 28.4. The van der Waals surface area contributed by atoms with Crippen molar-refractivity contribution in [2.24, 2.45) is 17.8 Å². The fourth-order valence-electron chi connectivity index (χ4n) is 3.72. The molecule has 0 fully saturated rings. The molecule has 0 aliphatic heterocycles. The predicted octanol–water partition coefficient (Wildman–Crippen LogP) is 9.08. The van der Waals surface area contributed by atoms with Gasteiger partial charge in [0.1, 0.15) is 0 Å². The molecule has 0 bridgehead atoms. The van der Waals surface area contributed by atoms with Gasteiger partial charge in [-0.25, -0.2) is 0 Å². The van der Waals surface area contributed by atoms with Crippen molar-refractivity contribution in [1.82, 2.24) is 0 Å². The summed E-state index contributed by atoms with van der Waals surface area (Å²) in [5.74, 6) is 0.682. The molecule has 0 rings (SSSR count). The van der Waals surface area contributed by atoms with Crippen molar-refractivity contribution < 1.29 is 18.4 Å². The topological polar surface area (TPSA) is 47.9 Å². The van der Waals surface area contributed by atoms with Crippen molar-refractivity contribution in [2.45, 2.75) is 156 Å². The third-order valence-corrected chi connectivity index (χ3v) is 23.2. The number of aliphatic hydroxyl groups excluding tert-OH is 1. The number of hydrogen-bond donors (Lipinski definition) is 1. The summed E-state index contributed by atoms with van der Waals surface area (Å²) >= 11 is 0. The zero-order valence-corrected chi connectivity index (χ0v) is 30.7. The van der Waals surface area contributed by atoms with Crippen LogP contribution >= 0.6 is 0 Å². The molecule has 218 valence electrons. The molecule has 36 heavy (non-hydrogen) atoms. The molecule has 0 spiro atoms. The van der Waals surface area contributed by atoms with Crippen molar-refractivity contribution in [1.29, 1.82) is 0 Å². The Hall–Kier alpha value is 0.491. The van der Waals surface area contributed by atoms with E-state index in [4.69, 9.17) is 13.3 Å². The monoisotopic (exact) mass is 562 g/mol. The molecule has 0 aromatic carbocycles. The second kappa shape index (κ2) is 12.8. The molecular formula is C29H66O4Si3. The number of rotatable bonds is 13. The van der Waals surface area contributed by atoms with Crippen LogP contribution in [-0.4, -0.2) is 55.5 Å². The highest BCUT2D eigenvalue weighted by Gasteiger charge is 2.47. The third-order valence-electron chi connectivity index (χ3n) is 9.73. The van der Waals surface area contributed by atoms with Gasteiger partial charge >= 0.3 is 0 Å².